The van der Waals surface area contributed by atoms with Crippen molar-refractivity contribution in [2.45, 2.75) is 46.6 Å². The zero-order valence-corrected chi connectivity index (χ0v) is 13.2. The van der Waals surface area contributed by atoms with Gasteiger partial charge >= 0.3 is 0 Å². The van der Waals surface area contributed by atoms with Crippen LogP contribution in [0.25, 0.3) is 0 Å². The Kier molecular flexibility index (Phi) is 3.23. The maximum Gasteiger partial charge on any atom is 0.165 e. The van der Waals surface area contributed by atoms with E-state index in [1.165, 1.54) is 5.69 Å². The first-order valence-corrected chi connectivity index (χ1v) is 7.42. The van der Waals surface area contributed by atoms with Crippen LogP contribution in [0.15, 0.2) is 12.4 Å². The molecule has 0 saturated carbocycles. The summed E-state index contributed by atoms with van der Waals surface area (Å²) in [5, 5.41) is 4.32. The molecular formula is C16H22N4O. The van der Waals surface area contributed by atoms with Gasteiger partial charge in [-0.1, -0.05) is 13.8 Å². The topological polar surface area (TPSA) is 52.7 Å². The summed E-state index contributed by atoms with van der Waals surface area (Å²) < 4.78 is 3.99. The molecular weight excluding hydrogens is 264 g/mol. The Hall–Kier alpha value is -1.91. The van der Waals surface area contributed by atoms with Crippen molar-refractivity contribution in [3.63, 3.8) is 0 Å². The number of ketones is 1. The average Bonchev–Trinajstić information content (AvgIpc) is 2.90. The van der Waals surface area contributed by atoms with Crippen LogP contribution in [-0.2, 0) is 26.4 Å². The molecule has 2 aromatic heterocycles. The summed E-state index contributed by atoms with van der Waals surface area (Å²) >= 11 is 0. The molecule has 1 aliphatic rings. The molecule has 0 amide bonds. The molecule has 21 heavy (non-hydrogen) atoms. The minimum Gasteiger partial charge on any atom is -0.348 e. The molecule has 0 radical (unpaired) electrons. The van der Waals surface area contributed by atoms with Crippen molar-refractivity contribution in [1.29, 1.82) is 0 Å². The second-order valence-electron chi connectivity index (χ2n) is 6.82. The molecule has 0 unspecified atom stereocenters. The fourth-order valence-electron chi connectivity index (χ4n) is 3.23. The van der Waals surface area contributed by atoms with E-state index in [4.69, 9.17) is 0 Å². The van der Waals surface area contributed by atoms with Gasteiger partial charge in [0.2, 0.25) is 0 Å². The predicted octanol–water partition coefficient (Wildman–Crippen LogP) is 2.32. The third-order valence-electron chi connectivity index (χ3n) is 4.21. The lowest BCUT2D eigenvalue weighted by Gasteiger charge is -2.29. The molecule has 0 saturated heterocycles. The van der Waals surface area contributed by atoms with E-state index in [9.17, 15) is 4.79 Å². The van der Waals surface area contributed by atoms with Crippen molar-refractivity contribution in [1.82, 2.24) is 19.3 Å². The van der Waals surface area contributed by atoms with Gasteiger partial charge in [0.05, 0.1) is 0 Å². The molecule has 5 nitrogen and oxygen atoms in total. The normalized spacial score (nSPS) is 17.0. The Morgan fingerprint density at radius 2 is 2.10 bits per heavy atom. The molecule has 0 aliphatic heterocycles. The second-order valence-corrected chi connectivity index (χ2v) is 6.82. The van der Waals surface area contributed by atoms with Gasteiger partial charge in [0.1, 0.15) is 6.33 Å². The molecule has 0 N–H and O–H groups in total. The van der Waals surface area contributed by atoms with Crippen molar-refractivity contribution in [2.24, 2.45) is 12.5 Å². The number of carbonyl (C=O) groups excluding carboxylic acids is 1. The van der Waals surface area contributed by atoms with E-state index in [0.717, 1.165) is 36.5 Å². The fourth-order valence-corrected chi connectivity index (χ4v) is 3.23. The maximum absolute atomic E-state index is 12.3. The van der Waals surface area contributed by atoms with Gasteiger partial charge in [0.25, 0.3) is 0 Å². The monoisotopic (exact) mass is 286 g/mol. The lowest BCUT2D eigenvalue weighted by Crippen LogP contribution is -2.28. The van der Waals surface area contributed by atoms with Crippen LogP contribution in [0.2, 0.25) is 0 Å². The minimum atomic E-state index is 0.0515. The van der Waals surface area contributed by atoms with E-state index in [0.29, 0.717) is 6.42 Å². The van der Waals surface area contributed by atoms with Crippen molar-refractivity contribution >= 4 is 5.78 Å². The molecule has 3 rings (SSSR count). The Balaban J connectivity index is 1.88. The minimum absolute atomic E-state index is 0.0515. The molecule has 0 bridgehead atoms. The van der Waals surface area contributed by atoms with Crippen LogP contribution < -0.4 is 0 Å². The van der Waals surface area contributed by atoms with Gasteiger partial charge in [-0.3, -0.25) is 9.48 Å². The van der Waals surface area contributed by atoms with E-state index in [2.05, 4.69) is 35.4 Å². The summed E-state index contributed by atoms with van der Waals surface area (Å²) in [6.07, 6.45) is 4.11. The van der Waals surface area contributed by atoms with Crippen LogP contribution in [0, 0.1) is 12.3 Å². The van der Waals surface area contributed by atoms with Crippen LogP contribution in [0.3, 0.4) is 0 Å². The number of Topliss-reactive ketones (excluding diaryl/α,β-unsaturated/α-hetero) is 1. The fraction of sp³-hybridized carbons (Fsp3) is 0.562. The van der Waals surface area contributed by atoms with E-state index >= 15 is 0 Å². The third-order valence-corrected chi connectivity index (χ3v) is 4.21. The number of rotatable bonds is 3. The van der Waals surface area contributed by atoms with Gasteiger partial charge in [-0.25, -0.2) is 4.98 Å². The Bertz CT molecular complexity index is 693. The summed E-state index contributed by atoms with van der Waals surface area (Å²) in [5.41, 5.74) is 3.31. The first-order valence-electron chi connectivity index (χ1n) is 7.42. The summed E-state index contributed by atoms with van der Waals surface area (Å²) in [6, 6.07) is 2.04. The quantitative estimate of drug-likeness (QED) is 0.870. The molecule has 0 fully saturated rings. The smallest absolute Gasteiger partial charge is 0.165 e. The molecule has 0 aromatic carbocycles. The van der Waals surface area contributed by atoms with Crippen molar-refractivity contribution in [3.8, 4) is 0 Å². The number of aromatic nitrogens is 4. The lowest BCUT2D eigenvalue weighted by molar-refractivity contribution is 0.0910. The van der Waals surface area contributed by atoms with Gasteiger partial charge in [-0.2, -0.15) is 5.10 Å². The van der Waals surface area contributed by atoms with Crippen molar-refractivity contribution in [3.05, 3.63) is 35.2 Å². The highest BCUT2D eigenvalue weighted by atomic mass is 16.1. The molecule has 5 heteroatoms. The van der Waals surface area contributed by atoms with Gasteiger partial charge in [0, 0.05) is 43.4 Å². The molecule has 0 atom stereocenters. The van der Waals surface area contributed by atoms with E-state index < -0.39 is 0 Å². The van der Waals surface area contributed by atoms with Crippen LogP contribution in [0.4, 0.5) is 0 Å². The first kappa shape index (κ1) is 14.0. The number of aryl methyl sites for hydroxylation is 3. The SMILES string of the molecule is Cc1cc2c(n1CCc1ncn(C)n1)CC(C)(C)CC2=O. The van der Waals surface area contributed by atoms with Gasteiger partial charge in [-0.15, -0.1) is 0 Å². The van der Waals surface area contributed by atoms with Crippen LogP contribution in [-0.4, -0.2) is 25.1 Å². The summed E-state index contributed by atoms with van der Waals surface area (Å²) in [5.74, 6) is 1.12. The standard InChI is InChI=1S/C16H22N4O/c1-11-7-12-13(8-16(2,3)9-14(12)21)20(11)6-5-15-17-10-19(4)18-15/h7,10H,5-6,8-9H2,1-4H3. The number of hydrogen-bond acceptors (Lipinski definition) is 3. The van der Waals surface area contributed by atoms with Crippen molar-refractivity contribution < 1.29 is 4.79 Å². The number of fused-ring (bicyclic) bond motifs is 1. The van der Waals surface area contributed by atoms with Crippen LogP contribution in [0.1, 0.15) is 47.8 Å². The molecule has 1 aliphatic carbocycles. The van der Waals surface area contributed by atoms with E-state index in [-0.39, 0.29) is 11.2 Å². The zero-order chi connectivity index (χ0) is 15.2. The number of carbonyl (C=O) groups is 1. The molecule has 112 valence electrons. The summed E-state index contributed by atoms with van der Waals surface area (Å²) in [4.78, 5) is 16.6. The highest BCUT2D eigenvalue weighted by molar-refractivity contribution is 5.99. The Morgan fingerprint density at radius 3 is 2.76 bits per heavy atom. The maximum atomic E-state index is 12.3. The second kappa shape index (κ2) is 4.83. The molecule has 2 aromatic rings. The van der Waals surface area contributed by atoms with E-state index in [1.807, 2.05) is 13.1 Å². The lowest BCUT2D eigenvalue weighted by atomic mass is 9.76. The number of hydrogen-bond donors (Lipinski definition) is 0. The van der Waals surface area contributed by atoms with E-state index in [1.54, 1.807) is 11.0 Å². The van der Waals surface area contributed by atoms with Crippen LogP contribution in [0.5, 0.6) is 0 Å². The molecule has 2 heterocycles. The average molecular weight is 286 g/mol. The van der Waals surface area contributed by atoms with Gasteiger partial charge < -0.3 is 4.57 Å². The third kappa shape index (κ3) is 2.64. The van der Waals surface area contributed by atoms with Gasteiger partial charge in [0.15, 0.2) is 11.6 Å². The van der Waals surface area contributed by atoms with Gasteiger partial charge in [-0.05, 0) is 24.8 Å². The Labute approximate surface area is 125 Å². The number of nitrogens with zero attached hydrogens (tertiary/aromatic N) is 4. The molecule has 0 spiro atoms. The van der Waals surface area contributed by atoms with Crippen LogP contribution >= 0.6 is 0 Å². The summed E-state index contributed by atoms with van der Waals surface area (Å²) in [7, 11) is 1.88. The highest BCUT2D eigenvalue weighted by Gasteiger charge is 2.33. The first-order chi connectivity index (χ1) is 9.85. The predicted molar refractivity (Wildman–Crippen MR) is 80.3 cm³/mol. The highest BCUT2D eigenvalue weighted by Crippen LogP contribution is 2.36. The largest absolute Gasteiger partial charge is 0.348 e. The summed E-state index contributed by atoms with van der Waals surface area (Å²) in [6.45, 7) is 7.24. The van der Waals surface area contributed by atoms with Crippen molar-refractivity contribution in [2.75, 3.05) is 0 Å². The zero-order valence-electron chi connectivity index (χ0n) is 13.2. The Morgan fingerprint density at radius 1 is 1.33 bits per heavy atom.